The van der Waals surface area contributed by atoms with Crippen LogP contribution in [0.1, 0.15) is 16.7 Å². The summed E-state index contributed by atoms with van der Waals surface area (Å²) in [4.78, 5) is 2.42. The molecule has 146 valence electrons. The molecule has 7 heteroatoms. The van der Waals surface area contributed by atoms with Gasteiger partial charge < -0.3 is 4.74 Å². The van der Waals surface area contributed by atoms with Gasteiger partial charge in [-0.25, -0.2) is 12.8 Å². The molecule has 2 aromatic rings. The lowest BCUT2D eigenvalue weighted by Gasteiger charge is -2.34. The van der Waals surface area contributed by atoms with Gasteiger partial charge in [-0.05, 0) is 54.8 Å². The highest BCUT2D eigenvalue weighted by Gasteiger charge is 2.29. The van der Waals surface area contributed by atoms with E-state index in [1.54, 1.807) is 14.0 Å². The molecule has 3 rings (SSSR count). The lowest BCUT2D eigenvalue weighted by Crippen LogP contribution is -2.48. The molecule has 0 aromatic heterocycles. The number of halogens is 1. The van der Waals surface area contributed by atoms with Gasteiger partial charge in [0.05, 0.1) is 12.0 Å². The molecule has 0 saturated carbocycles. The topological polar surface area (TPSA) is 49.9 Å². The molecule has 1 aliphatic rings. The third-order valence-corrected chi connectivity index (χ3v) is 7.01. The van der Waals surface area contributed by atoms with Gasteiger partial charge in [-0.3, -0.25) is 4.90 Å². The zero-order valence-corrected chi connectivity index (χ0v) is 16.7. The fraction of sp³-hybridized carbons (Fsp3) is 0.400. The van der Waals surface area contributed by atoms with E-state index in [2.05, 4.69) is 11.0 Å². The van der Waals surface area contributed by atoms with Gasteiger partial charge in [0.15, 0.2) is 0 Å². The highest BCUT2D eigenvalue weighted by Crippen LogP contribution is 2.23. The van der Waals surface area contributed by atoms with Crippen molar-refractivity contribution in [3.05, 3.63) is 58.9 Å². The Morgan fingerprint density at radius 2 is 1.70 bits per heavy atom. The summed E-state index contributed by atoms with van der Waals surface area (Å²) in [6, 6.07) is 9.91. The summed E-state index contributed by atoms with van der Waals surface area (Å²) in [5, 5.41) is 0. The smallest absolute Gasteiger partial charge is 0.243 e. The first-order valence-electron chi connectivity index (χ1n) is 8.93. The third kappa shape index (κ3) is 4.31. The Bertz CT molecular complexity index is 923. The predicted octanol–water partition coefficient (Wildman–Crippen LogP) is 2.96. The van der Waals surface area contributed by atoms with Crippen molar-refractivity contribution in [2.45, 2.75) is 25.3 Å². The summed E-state index contributed by atoms with van der Waals surface area (Å²) in [7, 11) is -1.94. The predicted molar refractivity (Wildman–Crippen MR) is 103 cm³/mol. The molecule has 27 heavy (non-hydrogen) atoms. The number of hydrogen-bond donors (Lipinski definition) is 0. The summed E-state index contributed by atoms with van der Waals surface area (Å²) in [5.41, 5.74) is 2.70. The van der Waals surface area contributed by atoms with Crippen LogP contribution in [0.2, 0.25) is 0 Å². The second kappa shape index (κ2) is 7.96. The van der Waals surface area contributed by atoms with Crippen LogP contribution in [-0.2, 0) is 16.6 Å². The average Bonchev–Trinajstić information content (AvgIpc) is 2.62. The number of hydrogen-bond acceptors (Lipinski definition) is 4. The van der Waals surface area contributed by atoms with Crippen LogP contribution in [0.5, 0.6) is 5.75 Å². The normalized spacial score (nSPS) is 16.4. The molecule has 1 aliphatic heterocycles. The number of sulfonamides is 1. The molecular formula is C20H25FN2O3S. The van der Waals surface area contributed by atoms with E-state index < -0.39 is 15.8 Å². The maximum Gasteiger partial charge on any atom is 0.243 e. The van der Waals surface area contributed by atoms with E-state index in [0.717, 1.165) is 17.9 Å². The number of piperazine rings is 1. The fourth-order valence-corrected chi connectivity index (χ4v) is 5.09. The van der Waals surface area contributed by atoms with Crippen molar-refractivity contribution in [2.24, 2.45) is 0 Å². The second-order valence-corrected chi connectivity index (χ2v) is 8.80. The molecule has 0 aliphatic carbocycles. The van der Waals surface area contributed by atoms with Crippen LogP contribution in [0.15, 0.2) is 41.3 Å². The molecule has 0 radical (unpaired) electrons. The number of nitrogens with zero attached hydrogens (tertiary/aromatic N) is 2. The first-order chi connectivity index (χ1) is 12.8. The molecule has 0 atom stereocenters. The average molecular weight is 392 g/mol. The van der Waals surface area contributed by atoms with Crippen LogP contribution < -0.4 is 4.74 Å². The van der Waals surface area contributed by atoms with Gasteiger partial charge in [0, 0.05) is 32.7 Å². The Kier molecular flexibility index (Phi) is 5.83. The van der Waals surface area contributed by atoms with Gasteiger partial charge in [-0.1, -0.05) is 12.1 Å². The van der Waals surface area contributed by atoms with Crippen molar-refractivity contribution in [1.29, 1.82) is 0 Å². The van der Waals surface area contributed by atoms with Gasteiger partial charge >= 0.3 is 0 Å². The minimum Gasteiger partial charge on any atom is -0.496 e. The molecule has 0 unspecified atom stereocenters. The summed E-state index contributed by atoms with van der Waals surface area (Å²) >= 11 is 0. The minimum absolute atomic E-state index is 0.183. The standard InChI is InChI=1S/C20H25FN2O3S/c1-15-12-17(4-6-19(15)26-3)14-22-8-10-23(11-9-22)27(24,25)20-7-5-18(21)13-16(20)2/h4-7,12-13H,8-11,14H2,1-3H3. The van der Waals surface area contributed by atoms with Gasteiger partial charge in [0.25, 0.3) is 0 Å². The second-order valence-electron chi connectivity index (χ2n) is 6.89. The Morgan fingerprint density at radius 3 is 2.30 bits per heavy atom. The zero-order chi connectivity index (χ0) is 19.6. The van der Waals surface area contributed by atoms with Crippen molar-refractivity contribution in [2.75, 3.05) is 33.3 Å². The van der Waals surface area contributed by atoms with E-state index in [1.165, 1.54) is 28.1 Å². The minimum atomic E-state index is -3.60. The number of aryl methyl sites for hydroxylation is 2. The van der Waals surface area contributed by atoms with Gasteiger partial charge in [-0.15, -0.1) is 0 Å². The lowest BCUT2D eigenvalue weighted by atomic mass is 10.1. The Balaban J connectivity index is 1.65. The van der Waals surface area contributed by atoms with Crippen molar-refractivity contribution >= 4 is 10.0 Å². The lowest BCUT2D eigenvalue weighted by molar-refractivity contribution is 0.181. The quantitative estimate of drug-likeness (QED) is 0.785. The van der Waals surface area contributed by atoms with Gasteiger partial charge in [-0.2, -0.15) is 4.31 Å². The molecular weight excluding hydrogens is 367 g/mol. The Labute approximate surface area is 160 Å². The first kappa shape index (κ1) is 19.8. The highest BCUT2D eigenvalue weighted by atomic mass is 32.2. The molecule has 2 aromatic carbocycles. The van der Waals surface area contributed by atoms with Crippen molar-refractivity contribution in [3.63, 3.8) is 0 Å². The van der Waals surface area contributed by atoms with E-state index in [1.807, 2.05) is 19.1 Å². The monoisotopic (exact) mass is 392 g/mol. The third-order valence-electron chi connectivity index (χ3n) is 4.95. The van der Waals surface area contributed by atoms with Crippen molar-refractivity contribution < 1.29 is 17.5 Å². The fourth-order valence-electron chi connectivity index (χ4n) is 3.47. The molecule has 0 N–H and O–H groups in total. The van der Waals surface area contributed by atoms with Crippen molar-refractivity contribution in [1.82, 2.24) is 9.21 Å². The number of ether oxygens (including phenoxy) is 1. The molecule has 1 heterocycles. The van der Waals surface area contributed by atoms with E-state index in [-0.39, 0.29) is 4.90 Å². The molecule has 1 saturated heterocycles. The maximum atomic E-state index is 13.3. The van der Waals surface area contributed by atoms with Gasteiger partial charge in [0.2, 0.25) is 10.0 Å². The number of benzene rings is 2. The van der Waals surface area contributed by atoms with Crippen LogP contribution in [0.3, 0.4) is 0 Å². The summed E-state index contributed by atoms with van der Waals surface area (Å²) in [5.74, 6) is 0.440. The van der Waals surface area contributed by atoms with Crippen LogP contribution in [-0.4, -0.2) is 50.9 Å². The number of methoxy groups -OCH3 is 1. The molecule has 0 bridgehead atoms. The molecule has 0 amide bonds. The Morgan fingerprint density at radius 1 is 1.00 bits per heavy atom. The Hall–Kier alpha value is -1.96. The van der Waals surface area contributed by atoms with Crippen LogP contribution in [0.25, 0.3) is 0 Å². The van der Waals surface area contributed by atoms with E-state index >= 15 is 0 Å². The molecule has 0 spiro atoms. The largest absolute Gasteiger partial charge is 0.496 e. The summed E-state index contributed by atoms with van der Waals surface area (Å²) in [6.45, 7) is 6.57. The van der Waals surface area contributed by atoms with E-state index in [9.17, 15) is 12.8 Å². The zero-order valence-electron chi connectivity index (χ0n) is 15.9. The highest BCUT2D eigenvalue weighted by molar-refractivity contribution is 7.89. The van der Waals surface area contributed by atoms with Crippen molar-refractivity contribution in [3.8, 4) is 5.75 Å². The molecule has 1 fully saturated rings. The van der Waals surface area contributed by atoms with Crippen LogP contribution >= 0.6 is 0 Å². The van der Waals surface area contributed by atoms with Crippen LogP contribution in [0.4, 0.5) is 4.39 Å². The van der Waals surface area contributed by atoms with E-state index in [0.29, 0.717) is 31.7 Å². The maximum absolute atomic E-state index is 13.3. The SMILES string of the molecule is COc1ccc(CN2CCN(S(=O)(=O)c3ccc(F)cc3C)CC2)cc1C. The summed E-state index contributed by atoms with van der Waals surface area (Å²) in [6.07, 6.45) is 0. The van der Waals surface area contributed by atoms with Crippen LogP contribution in [0, 0.1) is 19.7 Å². The molecule has 5 nitrogen and oxygen atoms in total. The van der Waals surface area contributed by atoms with Gasteiger partial charge in [0.1, 0.15) is 11.6 Å². The van der Waals surface area contributed by atoms with E-state index in [4.69, 9.17) is 4.74 Å². The summed E-state index contributed by atoms with van der Waals surface area (Å²) < 4.78 is 45.8. The first-order valence-corrected chi connectivity index (χ1v) is 10.4. The number of rotatable bonds is 5.